The fourth-order valence-corrected chi connectivity index (χ4v) is 2.91. The van der Waals surface area contributed by atoms with Crippen LogP contribution in [0.5, 0.6) is 0 Å². The van der Waals surface area contributed by atoms with Crippen molar-refractivity contribution in [3.8, 4) is 0 Å². The molecule has 0 aromatic carbocycles. The first-order chi connectivity index (χ1) is 8.50. The molecule has 1 aliphatic carbocycles. The van der Waals surface area contributed by atoms with Crippen LogP contribution in [0.15, 0.2) is 0 Å². The van der Waals surface area contributed by atoms with Crippen molar-refractivity contribution in [1.29, 1.82) is 0 Å². The minimum absolute atomic E-state index is 0.0654. The van der Waals surface area contributed by atoms with E-state index >= 15 is 0 Å². The fourth-order valence-electron chi connectivity index (χ4n) is 2.91. The van der Waals surface area contributed by atoms with Crippen LogP contribution >= 0.6 is 0 Å². The van der Waals surface area contributed by atoms with Crippen molar-refractivity contribution in [3.05, 3.63) is 0 Å². The van der Waals surface area contributed by atoms with Crippen LogP contribution in [0.4, 0.5) is 0 Å². The minimum atomic E-state index is -0.270. The summed E-state index contributed by atoms with van der Waals surface area (Å²) in [7, 11) is 0. The number of hydrogen-bond acceptors (Lipinski definition) is 3. The molecule has 0 spiro atoms. The van der Waals surface area contributed by atoms with E-state index in [9.17, 15) is 4.79 Å². The van der Waals surface area contributed by atoms with Crippen molar-refractivity contribution in [2.45, 2.75) is 70.6 Å². The van der Waals surface area contributed by atoms with E-state index in [2.05, 4.69) is 19.2 Å². The van der Waals surface area contributed by atoms with E-state index in [0.717, 1.165) is 25.7 Å². The van der Waals surface area contributed by atoms with E-state index in [0.29, 0.717) is 18.0 Å². The Kier molecular flexibility index (Phi) is 4.28. The van der Waals surface area contributed by atoms with Gasteiger partial charge < -0.3 is 15.8 Å². The van der Waals surface area contributed by atoms with Crippen LogP contribution in [0, 0.1) is 5.41 Å². The van der Waals surface area contributed by atoms with Gasteiger partial charge in [-0.15, -0.1) is 0 Å². The summed E-state index contributed by atoms with van der Waals surface area (Å²) in [5, 5.41) is 3.14. The second-order valence-electron chi connectivity index (χ2n) is 6.51. The Balaban J connectivity index is 1.75. The fraction of sp³-hybridized carbons (Fsp3) is 0.929. The summed E-state index contributed by atoms with van der Waals surface area (Å²) in [6.45, 7) is 5.12. The summed E-state index contributed by atoms with van der Waals surface area (Å²) in [6.07, 6.45) is 6.08. The van der Waals surface area contributed by atoms with Gasteiger partial charge in [-0.05, 0) is 43.9 Å². The summed E-state index contributed by atoms with van der Waals surface area (Å²) in [6, 6.07) is 0.339. The van der Waals surface area contributed by atoms with Crippen LogP contribution in [0.3, 0.4) is 0 Å². The van der Waals surface area contributed by atoms with Crippen LogP contribution in [0.25, 0.3) is 0 Å². The van der Waals surface area contributed by atoms with Gasteiger partial charge in [0, 0.05) is 12.6 Å². The lowest BCUT2D eigenvalue weighted by Crippen LogP contribution is -2.44. The molecule has 0 aromatic rings. The lowest BCUT2D eigenvalue weighted by molar-refractivity contribution is -0.133. The highest BCUT2D eigenvalue weighted by molar-refractivity contribution is 5.81. The van der Waals surface area contributed by atoms with Gasteiger partial charge in [0.2, 0.25) is 5.91 Å². The van der Waals surface area contributed by atoms with Crippen molar-refractivity contribution in [2.75, 3.05) is 6.54 Å². The van der Waals surface area contributed by atoms with E-state index in [4.69, 9.17) is 10.5 Å². The third-order valence-corrected chi connectivity index (χ3v) is 4.35. The number of nitrogens with one attached hydrogen (secondary N) is 1. The zero-order valence-electron chi connectivity index (χ0n) is 11.6. The van der Waals surface area contributed by atoms with Crippen molar-refractivity contribution < 1.29 is 9.53 Å². The van der Waals surface area contributed by atoms with Crippen LogP contribution in [-0.2, 0) is 9.53 Å². The molecule has 1 aliphatic heterocycles. The monoisotopic (exact) mass is 254 g/mol. The van der Waals surface area contributed by atoms with E-state index < -0.39 is 0 Å². The maximum Gasteiger partial charge on any atom is 0.249 e. The molecular formula is C14H26N2O2. The summed E-state index contributed by atoms with van der Waals surface area (Å²) in [5.41, 5.74) is 5.99. The van der Waals surface area contributed by atoms with E-state index in [1.165, 1.54) is 12.8 Å². The molecule has 1 saturated heterocycles. The summed E-state index contributed by atoms with van der Waals surface area (Å²) in [5.74, 6) is 0.0654. The Morgan fingerprint density at radius 2 is 1.94 bits per heavy atom. The number of amides is 1. The minimum Gasteiger partial charge on any atom is -0.364 e. The third-order valence-electron chi connectivity index (χ3n) is 4.35. The van der Waals surface area contributed by atoms with Gasteiger partial charge in [-0.25, -0.2) is 0 Å². The lowest BCUT2D eigenvalue weighted by Gasteiger charge is -2.35. The largest absolute Gasteiger partial charge is 0.364 e. The molecule has 2 rings (SSSR count). The topological polar surface area (TPSA) is 64.4 Å². The number of rotatable bonds is 3. The molecule has 2 atom stereocenters. The van der Waals surface area contributed by atoms with Crippen LogP contribution in [0.1, 0.15) is 52.4 Å². The molecule has 18 heavy (non-hydrogen) atoms. The molecule has 104 valence electrons. The van der Waals surface area contributed by atoms with Gasteiger partial charge in [0.25, 0.3) is 0 Å². The van der Waals surface area contributed by atoms with Gasteiger partial charge in [-0.1, -0.05) is 13.8 Å². The first-order valence-electron chi connectivity index (χ1n) is 7.16. The standard InChI is InChI=1S/C14H26N2O2/c1-14(2)7-5-10(6-8-14)16-13(17)12-4-3-11(9-15)18-12/h10-12H,3-9,15H2,1-2H3,(H,16,17)/t11-,12+/m1/s1. The molecule has 2 aliphatic rings. The highest BCUT2D eigenvalue weighted by atomic mass is 16.5. The first-order valence-corrected chi connectivity index (χ1v) is 7.16. The number of hydrogen-bond donors (Lipinski definition) is 2. The normalized spacial score (nSPS) is 32.4. The average Bonchev–Trinajstić information content (AvgIpc) is 2.80. The first kappa shape index (κ1) is 13.8. The van der Waals surface area contributed by atoms with E-state index in [1.54, 1.807) is 0 Å². The Labute approximate surface area is 110 Å². The molecule has 1 amide bonds. The molecule has 0 aromatic heterocycles. The van der Waals surface area contributed by atoms with E-state index in [-0.39, 0.29) is 18.1 Å². The maximum atomic E-state index is 12.1. The second kappa shape index (κ2) is 5.57. The molecule has 1 saturated carbocycles. The van der Waals surface area contributed by atoms with Crippen LogP contribution in [-0.4, -0.2) is 30.7 Å². The van der Waals surface area contributed by atoms with E-state index in [1.807, 2.05) is 0 Å². The number of carbonyl (C=O) groups is 1. The predicted molar refractivity (Wildman–Crippen MR) is 71.1 cm³/mol. The van der Waals surface area contributed by atoms with Gasteiger partial charge in [-0.3, -0.25) is 4.79 Å². The number of ether oxygens (including phenoxy) is 1. The van der Waals surface area contributed by atoms with Crippen molar-refractivity contribution in [1.82, 2.24) is 5.32 Å². The van der Waals surface area contributed by atoms with Gasteiger partial charge in [0.05, 0.1) is 6.10 Å². The maximum absolute atomic E-state index is 12.1. The number of carbonyl (C=O) groups excluding carboxylic acids is 1. The molecule has 4 nitrogen and oxygen atoms in total. The molecule has 0 unspecified atom stereocenters. The highest BCUT2D eigenvalue weighted by Gasteiger charge is 2.33. The van der Waals surface area contributed by atoms with Crippen LogP contribution < -0.4 is 11.1 Å². The zero-order chi connectivity index (χ0) is 13.2. The molecular weight excluding hydrogens is 228 g/mol. The quantitative estimate of drug-likeness (QED) is 0.803. The SMILES string of the molecule is CC1(C)CCC(NC(=O)[C@@H]2CC[C@H](CN)O2)CC1. The Morgan fingerprint density at radius 3 is 2.50 bits per heavy atom. The summed E-state index contributed by atoms with van der Waals surface area (Å²) in [4.78, 5) is 12.1. The zero-order valence-corrected chi connectivity index (χ0v) is 11.6. The van der Waals surface area contributed by atoms with Gasteiger partial charge in [0.15, 0.2) is 0 Å². The third kappa shape index (κ3) is 3.45. The Bertz CT molecular complexity index is 294. The van der Waals surface area contributed by atoms with Crippen LogP contribution in [0.2, 0.25) is 0 Å². The summed E-state index contributed by atoms with van der Waals surface area (Å²) < 4.78 is 5.62. The van der Waals surface area contributed by atoms with Gasteiger partial charge >= 0.3 is 0 Å². The molecule has 0 bridgehead atoms. The molecule has 4 heteroatoms. The highest BCUT2D eigenvalue weighted by Crippen LogP contribution is 2.35. The lowest BCUT2D eigenvalue weighted by atomic mass is 9.75. The second-order valence-corrected chi connectivity index (χ2v) is 6.51. The Morgan fingerprint density at radius 1 is 1.28 bits per heavy atom. The average molecular weight is 254 g/mol. The van der Waals surface area contributed by atoms with Gasteiger partial charge in [-0.2, -0.15) is 0 Å². The number of nitrogens with two attached hydrogens (primary N) is 1. The smallest absolute Gasteiger partial charge is 0.249 e. The Hall–Kier alpha value is -0.610. The van der Waals surface area contributed by atoms with Gasteiger partial charge in [0.1, 0.15) is 6.10 Å². The van der Waals surface area contributed by atoms with Crippen molar-refractivity contribution in [2.24, 2.45) is 11.1 Å². The molecule has 2 fully saturated rings. The van der Waals surface area contributed by atoms with Crippen molar-refractivity contribution >= 4 is 5.91 Å². The predicted octanol–water partition coefficient (Wildman–Crippen LogP) is 1.58. The molecule has 3 N–H and O–H groups in total. The molecule has 0 radical (unpaired) electrons. The summed E-state index contributed by atoms with van der Waals surface area (Å²) >= 11 is 0. The molecule has 1 heterocycles. The van der Waals surface area contributed by atoms with Crippen molar-refractivity contribution in [3.63, 3.8) is 0 Å².